The van der Waals surface area contributed by atoms with Crippen LogP contribution in [0.25, 0.3) is 31.6 Å². The number of H-pyrrole nitrogens is 1. The van der Waals surface area contributed by atoms with Crippen molar-refractivity contribution in [3.63, 3.8) is 0 Å². The molecular formula is C26H26N4O2S. The Morgan fingerprint density at radius 2 is 1.91 bits per heavy atom. The molecule has 0 spiro atoms. The number of rotatable bonds is 10. The fourth-order valence-electron chi connectivity index (χ4n) is 3.80. The van der Waals surface area contributed by atoms with Gasteiger partial charge in [0.1, 0.15) is 0 Å². The van der Waals surface area contributed by atoms with E-state index in [-0.39, 0.29) is 6.61 Å². The fourth-order valence-corrected chi connectivity index (χ4v) is 4.89. The first-order valence-corrected chi connectivity index (χ1v) is 11.8. The van der Waals surface area contributed by atoms with E-state index >= 15 is 0 Å². The zero-order chi connectivity index (χ0) is 22.5. The van der Waals surface area contributed by atoms with Crippen molar-refractivity contribution >= 4 is 43.8 Å². The molecule has 2 aromatic carbocycles. The van der Waals surface area contributed by atoms with E-state index in [1.54, 1.807) is 11.3 Å². The van der Waals surface area contributed by atoms with E-state index in [0.717, 1.165) is 40.2 Å². The highest BCUT2D eigenvalue weighted by atomic mass is 32.1. The SMILES string of the molecule is OCCOCCNCc1ccc(-c2cc3nccc(Nc4ccc5[nH]ccc5c4)c3s2)cc1. The number of aliphatic hydroxyl groups is 1. The van der Waals surface area contributed by atoms with E-state index in [1.165, 1.54) is 21.4 Å². The number of aromatic nitrogens is 2. The number of thiophene rings is 1. The van der Waals surface area contributed by atoms with Crippen molar-refractivity contribution in [1.82, 2.24) is 15.3 Å². The molecule has 0 amide bonds. The third-order valence-corrected chi connectivity index (χ3v) is 6.68. The van der Waals surface area contributed by atoms with Crippen molar-refractivity contribution in [3.05, 3.63) is 78.6 Å². The molecule has 0 saturated carbocycles. The Labute approximate surface area is 196 Å². The molecule has 7 heteroatoms. The standard InChI is InChI=1S/C26H26N4O2S/c31-12-14-32-13-11-27-17-18-1-3-19(4-2-18)25-16-24-26(33-25)23(8-10-29-24)30-21-5-6-22-20(15-21)7-9-28-22/h1-10,15-16,27-28,31H,11-14,17H2,(H,29,30). The Balaban J connectivity index is 1.29. The minimum absolute atomic E-state index is 0.0651. The Morgan fingerprint density at radius 1 is 1.00 bits per heavy atom. The Kier molecular flexibility index (Phi) is 6.64. The normalized spacial score (nSPS) is 11.4. The number of hydrogen-bond acceptors (Lipinski definition) is 6. The average Bonchev–Trinajstić information content (AvgIpc) is 3.49. The highest BCUT2D eigenvalue weighted by Gasteiger charge is 2.10. The number of anilines is 2. The van der Waals surface area contributed by atoms with Crippen LogP contribution in [0.3, 0.4) is 0 Å². The molecule has 0 unspecified atom stereocenters. The predicted octanol–water partition coefficient (Wildman–Crippen LogP) is 5.29. The van der Waals surface area contributed by atoms with E-state index in [1.807, 2.05) is 18.5 Å². The van der Waals surface area contributed by atoms with Crippen LogP contribution in [0.2, 0.25) is 0 Å². The minimum atomic E-state index is 0.0651. The molecular weight excluding hydrogens is 432 g/mol. The molecule has 0 radical (unpaired) electrons. The second kappa shape index (κ2) is 10.1. The van der Waals surface area contributed by atoms with Gasteiger partial charge in [-0.2, -0.15) is 0 Å². The summed E-state index contributed by atoms with van der Waals surface area (Å²) >= 11 is 1.75. The highest BCUT2D eigenvalue weighted by molar-refractivity contribution is 7.22. The molecule has 0 bridgehead atoms. The van der Waals surface area contributed by atoms with Gasteiger partial charge in [-0.05, 0) is 47.5 Å². The zero-order valence-corrected chi connectivity index (χ0v) is 19.0. The molecule has 4 N–H and O–H groups in total. The van der Waals surface area contributed by atoms with Crippen molar-refractivity contribution in [2.24, 2.45) is 0 Å². The number of aliphatic hydroxyl groups excluding tert-OH is 1. The number of hydrogen-bond donors (Lipinski definition) is 4. The van der Waals surface area contributed by atoms with Crippen LogP contribution in [0.5, 0.6) is 0 Å². The second-order valence-corrected chi connectivity index (χ2v) is 8.85. The Morgan fingerprint density at radius 3 is 2.79 bits per heavy atom. The Bertz CT molecular complexity index is 1340. The predicted molar refractivity (Wildman–Crippen MR) is 136 cm³/mol. The summed E-state index contributed by atoms with van der Waals surface area (Å²) in [4.78, 5) is 9.02. The van der Waals surface area contributed by atoms with Crippen molar-refractivity contribution < 1.29 is 9.84 Å². The van der Waals surface area contributed by atoms with Gasteiger partial charge in [0.25, 0.3) is 0 Å². The van der Waals surface area contributed by atoms with Crippen molar-refractivity contribution in [2.75, 3.05) is 31.7 Å². The summed E-state index contributed by atoms with van der Waals surface area (Å²) < 4.78 is 6.41. The van der Waals surface area contributed by atoms with Gasteiger partial charge in [0.2, 0.25) is 0 Å². The quantitative estimate of drug-likeness (QED) is 0.214. The molecule has 0 saturated heterocycles. The van der Waals surface area contributed by atoms with Gasteiger partial charge in [-0.15, -0.1) is 11.3 Å². The maximum Gasteiger partial charge on any atom is 0.0837 e. The van der Waals surface area contributed by atoms with E-state index in [2.05, 4.69) is 75.2 Å². The van der Waals surface area contributed by atoms with Gasteiger partial charge in [0, 0.05) is 47.0 Å². The molecule has 5 rings (SSSR count). The third kappa shape index (κ3) is 5.07. The topological polar surface area (TPSA) is 82.2 Å². The van der Waals surface area contributed by atoms with Crippen LogP contribution in [0, 0.1) is 0 Å². The number of nitrogens with zero attached hydrogens (tertiary/aromatic N) is 1. The largest absolute Gasteiger partial charge is 0.394 e. The van der Waals surface area contributed by atoms with Gasteiger partial charge in [-0.25, -0.2) is 0 Å². The summed E-state index contributed by atoms with van der Waals surface area (Å²) in [5, 5.41) is 16.8. The molecule has 0 fully saturated rings. The molecule has 6 nitrogen and oxygen atoms in total. The van der Waals surface area contributed by atoms with Crippen LogP contribution in [-0.2, 0) is 11.3 Å². The number of pyridine rings is 1. The summed E-state index contributed by atoms with van der Waals surface area (Å²) in [6.45, 7) is 2.60. The van der Waals surface area contributed by atoms with Crippen molar-refractivity contribution in [3.8, 4) is 10.4 Å². The molecule has 0 aliphatic carbocycles. The van der Waals surface area contributed by atoms with Gasteiger partial charge in [-0.1, -0.05) is 24.3 Å². The van der Waals surface area contributed by atoms with E-state index < -0.39 is 0 Å². The first-order chi connectivity index (χ1) is 16.3. The first-order valence-electron chi connectivity index (χ1n) is 11.0. The van der Waals surface area contributed by atoms with E-state index in [9.17, 15) is 0 Å². The number of ether oxygens (including phenoxy) is 1. The van der Waals surface area contributed by atoms with Crippen LogP contribution >= 0.6 is 11.3 Å². The highest BCUT2D eigenvalue weighted by Crippen LogP contribution is 2.37. The number of fused-ring (bicyclic) bond motifs is 2. The van der Waals surface area contributed by atoms with Crippen LogP contribution in [-0.4, -0.2) is 41.4 Å². The monoisotopic (exact) mass is 458 g/mol. The maximum atomic E-state index is 8.72. The Hall–Kier alpha value is -3.23. The summed E-state index contributed by atoms with van der Waals surface area (Å²) in [7, 11) is 0. The average molecular weight is 459 g/mol. The molecule has 0 aliphatic heterocycles. The maximum absolute atomic E-state index is 8.72. The number of nitrogens with one attached hydrogen (secondary N) is 3. The molecule has 5 aromatic rings. The summed E-state index contributed by atoms with van der Waals surface area (Å²) in [6.07, 6.45) is 3.81. The summed E-state index contributed by atoms with van der Waals surface area (Å²) in [5.74, 6) is 0. The lowest BCUT2D eigenvalue weighted by atomic mass is 10.1. The molecule has 3 heterocycles. The lowest BCUT2D eigenvalue weighted by Crippen LogP contribution is -2.19. The molecule has 168 valence electrons. The van der Waals surface area contributed by atoms with Crippen LogP contribution in [0.15, 0.2) is 73.1 Å². The van der Waals surface area contributed by atoms with Crippen LogP contribution in [0.1, 0.15) is 5.56 Å². The van der Waals surface area contributed by atoms with Crippen LogP contribution in [0.4, 0.5) is 11.4 Å². The first kappa shape index (κ1) is 21.6. The molecule has 33 heavy (non-hydrogen) atoms. The summed E-state index contributed by atoms with van der Waals surface area (Å²) in [6, 6.07) is 21.2. The lowest BCUT2D eigenvalue weighted by molar-refractivity contribution is 0.0938. The zero-order valence-electron chi connectivity index (χ0n) is 18.2. The third-order valence-electron chi connectivity index (χ3n) is 5.47. The minimum Gasteiger partial charge on any atom is -0.394 e. The van der Waals surface area contributed by atoms with Crippen molar-refractivity contribution in [1.29, 1.82) is 0 Å². The van der Waals surface area contributed by atoms with Gasteiger partial charge < -0.3 is 25.5 Å². The fraction of sp³-hybridized carbons (Fsp3) is 0.192. The van der Waals surface area contributed by atoms with Gasteiger partial charge in [-0.3, -0.25) is 4.98 Å². The van der Waals surface area contributed by atoms with Crippen molar-refractivity contribution in [2.45, 2.75) is 6.54 Å². The van der Waals surface area contributed by atoms with E-state index in [4.69, 9.17) is 9.84 Å². The molecule has 0 atom stereocenters. The number of aromatic amines is 1. The van der Waals surface area contributed by atoms with Gasteiger partial charge in [0.05, 0.1) is 35.7 Å². The summed E-state index contributed by atoms with van der Waals surface area (Å²) in [5.41, 5.74) is 6.66. The number of benzene rings is 2. The second-order valence-electron chi connectivity index (χ2n) is 7.80. The van der Waals surface area contributed by atoms with E-state index in [0.29, 0.717) is 13.2 Å². The van der Waals surface area contributed by atoms with Crippen LogP contribution < -0.4 is 10.6 Å². The lowest BCUT2D eigenvalue weighted by Gasteiger charge is -2.07. The smallest absolute Gasteiger partial charge is 0.0837 e. The molecule has 0 aliphatic rings. The molecule has 3 aromatic heterocycles. The van der Waals surface area contributed by atoms with Gasteiger partial charge >= 0.3 is 0 Å². The van der Waals surface area contributed by atoms with Gasteiger partial charge in [0.15, 0.2) is 0 Å².